The summed E-state index contributed by atoms with van der Waals surface area (Å²) >= 11 is 0. The van der Waals surface area contributed by atoms with E-state index in [0.29, 0.717) is 11.6 Å². The Kier molecular flexibility index (Phi) is 4.66. The van der Waals surface area contributed by atoms with Crippen LogP contribution < -0.4 is 9.80 Å². The third-order valence-corrected chi connectivity index (χ3v) is 4.04. The Morgan fingerprint density at radius 3 is 2.52 bits per heavy atom. The number of fused-ring (bicyclic) bond motifs is 1. The first kappa shape index (κ1) is 15.5. The van der Waals surface area contributed by atoms with Crippen LogP contribution in [0, 0.1) is 0 Å². The number of amides is 1. The smallest absolute Gasteiger partial charge is 0.299 e. The van der Waals surface area contributed by atoms with Gasteiger partial charge < -0.3 is 9.80 Å². The molecule has 1 heterocycles. The Morgan fingerprint density at radius 1 is 1.19 bits per heavy atom. The number of carbonyl (C=O) groups excluding carboxylic acids is 2. The van der Waals surface area contributed by atoms with Crippen LogP contribution in [-0.2, 0) is 4.79 Å². The molecular weight excluding hydrogens is 264 g/mol. The zero-order chi connectivity index (χ0) is 15.6. The van der Waals surface area contributed by atoms with Crippen LogP contribution in [0.25, 0.3) is 0 Å². The monoisotopic (exact) mass is 288 g/mol. The van der Waals surface area contributed by atoms with Gasteiger partial charge in [0, 0.05) is 25.3 Å². The molecular formula is C17H24N2O2. The SMILES string of the molecule is CCCCCN(c1ccc2c(c1)N(C)C(=O)C2=O)C(C)C. The van der Waals surface area contributed by atoms with Gasteiger partial charge in [-0.15, -0.1) is 0 Å². The molecule has 4 heteroatoms. The van der Waals surface area contributed by atoms with Crippen molar-refractivity contribution in [1.29, 1.82) is 0 Å². The fourth-order valence-corrected chi connectivity index (χ4v) is 2.76. The summed E-state index contributed by atoms with van der Waals surface area (Å²) in [6, 6.07) is 6.08. The molecule has 1 aromatic rings. The second-order valence-corrected chi connectivity index (χ2v) is 5.89. The number of ketones is 1. The minimum atomic E-state index is -0.441. The topological polar surface area (TPSA) is 40.6 Å². The van der Waals surface area contributed by atoms with Gasteiger partial charge in [-0.3, -0.25) is 9.59 Å². The fourth-order valence-electron chi connectivity index (χ4n) is 2.76. The van der Waals surface area contributed by atoms with E-state index >= 15 is 0 Å². The van der Waals surface area contributed by atoms with E-state index in [1.165, 1.54) is 17.7 Å². The van der Waals surface area contributed by atoms with Crippen LogP contribution in [0.15, 0.2) is 18.2 Å². The first-order valence-corrected chi connectivity index (χ1v) is 7.70. The number of hydrogen-bond donors (Lipinski definition) is 0. The van der Waals surface area contributed by atoms with Crippen LogP contribution in [0.2, 0.25) is 0 Å². The van der Waals surface area contributed by atoms with E-state index in [4.69, 9.17) is 0 Å². The highest BCUT2D eigenvalue weighted by atomic mass is 16.2. The highest BCUT2D eigenvalue weighted by Crippen LogP contribution is 2.32. The predicted octanol–water partition coefficient (Wildman–Crippen LogP) is 3.25. The Labute approximate surface area is 126 Å². The molecule has 0 spiro atoms. The van der Waals surface area contributed by atoms with E-state index in [0.717, 1.165) is 24.3 Å². The maximum atomic E-state index is 11.8. The zero-order valence-electron chi connectivity index (χ0n) is 13.3. The van der Waals surface area contributed by atoms with Crippen LogP contribution in [-0.4, -0.2) is 31.3 Å². The molecule has 0 aromatic heterocycles. The highest BCUT2D eigenvalue weighted by molar-refractivity contribution is 6.52. The van der Waals surface area contributed by atoms with Crippen molar-refractivity contribution in [1.82, 2.24) is 0 Å². The Hall–Kier alpha value is -1.84. The average Bonchev–Trinajstić information content (AvgIpc) is 2.68. The largest absolute Gasteiger partial charge is 0.369 e. The van der Waals surface area contributed by atoms with Crippen molar-refractivity contribution < 1.29 is 9.59 Å². The maximum absolute atomic E-state index is 11.8. The lowest BCUT2D eigenvalue weighted by atomic mass is 10.1. The molecule has 0 aliphatic carbocycles. The van der Waals surface area contributed by atoms with Crippen molar-refractivity contribution >= 4 is 23.1 Å². The Bertz CT molecular complexity index is 552. The van der Waals surface area contributed by atoms with Gasteiger partial charge >= 0.3 is 0 Å². The molecule has 0 unspecified atom stereocenters. The molecule has 0 bridgehead atoms. The van der Waals surface area contributed by atoms with Crippen molar-refractivity contribution in [2.45, 2.75) is 46.1 Å². The fraction of sp³-hybridized carbons (Fsp3) is 0.529. The van der Waals surface area contributed by atoms with Gasteiger partial charge in [-0.1, -0.05) is 19.8 Å². The first-order valence-electron chi connectivity index (χ1n) is 7.70. The lowest BCUT2D eigenvalue weighted by molar-refractivity contribution is -0.114. The Balaban J connectivity index is 2.28. The third-order valence-electron chi connectivity index (χ3n) is 4.04. The van der Waals surface area contributed by atoms with Crippen LogP contribution in [0.1, 0.15) is 50.4 Å². The summed E-state index contributed by atoms with van der Waals surface area (Å²) in [5, 5.41) is 0. The minimum absolute atomic E-state index is 0.387. The van der Waals surface area contributed by atoms with Gasteiger partial charge in [-0.2, -0.15) is 0 Å². The number of carbonyl (C=O) groups is 2. The molecule has 1 aliphatic rings. The molecule has 21 heavy (non-hydrogen) atoms. The van der Waals surface area contributed by atoms with Crippen molar-refractivity contribution in [3.05, 3.63) is 23.8 Å². The minimum Gasteiger partial charge on any atom is -0.369 e. The number of anilines is 2. The van der Waals surface area contributed by atoms with E-state index in [1.54, 1.807) is 13.1 Å². The molecule has 0 fully saturated rings. The molecule has 0 saturated carbocycles. The van der Waals surface area contributed by atoms with Crippen molar-refractivity contribution in [3.8, 4) is 0 Å². The molecule has 1 aromatic carbocycles. The lowest BCUT2D eigenvalue weighted by Gasteiger charge is -2.29. The van der Waals surface area contributed by atoms with Crippen molar-refractivity contribution in [3.63, 3.8) is 0 Å². The molecule has 0 atom stereocenters. The number of Topliss-reactive ketones (excluding diaryl/α,β-unsaturated/α-hetero) is 1. The molecule has 114 valence electrons. The van der Waals surface area contributed by atoms with Crippen LogP contribution in [0.5, 0.6) is 0 Å². The van der Waals surface area contributed by atoms with Gasteiger partial charge in [0.05, 0.1) is 11.3 Å². The maximum Gasteiger partial charge on any atom is 0.299 e. The average molecular weight is 288 g/mol. The lowest BCUT2D eigenvalue weighted by Crippen LogP contribution is -2.31. The molecule has 0 N–H and O–H groups in total. The number of rotatable bonds is 6. The summed E-state index contributed by atoms with van der Waals surface area (Å²) in [6.45, 7) is 7.52. The summed E-state index contributed by atoms with van der Waals surface area (Å²) in [5.74, 6) is -0.842. The van der Waals surface area contributed by atoms with E-state index in [-0.39, 0.29) is 0 Å². The van der Waals surface area contributed by atoms with Gasteiger partial charge in [-0.05, 0) is 38.5 Å². The number of nitrogens with zero attached hydrogens (tertiary/aromatic N) is 2. The van der Waals surface area contributed by atoms with Gasteiger partial charge in [0.25, 0.3) is 11.7 Å². The molecule has 0 saturated heterocycles. The zero-order valence-corrected chi connectivity index (χ0v) is 13.3. The second kappa shape index (κ2) is 6.29. The van der Waals surface area contributed by atoms with E-state index in [2.05, 4.69) is 25.7 Å². The second-order valence-electron chi connectivity index (χ2n) is 5.89. The van der Waals surface area contributed by atoms with E-state index in [1.807, 2.05) is 12.1 Å². The summed E-state index contributed by atoms with van der Waals surface area (Å²) in [6.07, 6.45) is 3.56. The molecule has 1 aliphatic heterocycles. The molecule has 0 radical (unpaired) electrons. The van der Waals surface area contributed by atoms with Gasteiger partial charge in [0.2, 0.25) is 0 Å². The molecule has 1 amide bonds. The number of hydrogen-bond acceptors (Lipinski definition) is 3. The third kappa shape index (κ3) is 2.94. The normalized spacial score (nSPS) is 14.0. The number of unbranched alkanes of at least 4 members (excludes halogenated alkanes) is 2. The van der Waals surface area contributed by atoms with Crippen LogP contribution in [0.3, 0.4) is 0 Å². The predicted molar refractivity (Wildman–Crippen MR) is 86.2 cm³/mol. The summed E-state index contributed by atoms with van der Waals surface area (Å²) in [7, 11) is 1.66. The standard InChI is InChI=1S/C17H24N2O2/c1-5-6-7-10-19(12(2)3)13-8-9-14-15(11-13)18(4)17(21)16(14)20/h8-9,11-12H,5-7,10H2,1-4H3. The van der Waals surface area contributed by atoms with Crippen molar-refractivity contribution in [2.24, 2.45) is 0 Å². The van der Waals surface area contributed by atoms with E-state index in [9.17, 15) is 9.59 Å². The quantitative estimate of drug-likeness (QED) is 0.596. The highest BCUT2D eigenvalue weighted by Gasteiger charge is 2.33. The summed E-state index contributed by atoms with van der Waals surface area (Å²) in [5.41, 5.74) is 2.32. The number of benzene rings is 1. The Morgan fingerprint density at radius 2 is 1.90 bits per heavy atom. The van der Waals surface area contributed by atoms with E-state index < -0.39 is 11.7 Å². The van der Waals surface area contributed by atoms with Crippen LogP contribution in [0.4, 0.5) is 11.4 Å². The van der Waals surface area contributed by atoms with Gasteiger partial charge in [0.1, 0.15) is 0 Å². The van der Waals surface area contributed by atoms with Crippen molar-refractivity contribution in [2.75, 3.05) is 23.4 Å². The summed E-state index contributed by atoms with van der Waals surface area (Å²) < 4.78 is 0. The molecule has 2 rings (SSSR count). The van der Waals surface area contributed by atoms with Crippen LogP contribution >= 0.6 is 0 Å². The van der Waals surface area contributed by atoms with Gasteiger partial charge in [-0.25, -0.2) is 0 Å². The molecule has 4 nitrogen and oxygen atoms in total. The summed E-state index contributed by atoms with van der Waals surface area (Å²) in [4.78, 5) is 27.4. The van der Waals surface area contributed by atoms with Gasteiger partial charge in [0.15, 0.2) is 0 Å². The number of likely N-dealkylation sites (N-methyl/N-ethyl adjacent to an activating group) is 1. The first-order chi connectivity index (χ1) is 9.97.